The zero-order valence-corrected chi connectivity index (χ0v) is 15.9. The van der Waals surface area contributed by atoms with Gasteiger partial charge < -0.3 is 0 Å². The molecule has 0 aliphatic heterocycles. The van der Waals surface area contributed by atoms with Crippen molar-refractivity contribution in [2.45, 2.75) is 66.0 Å². The number of fused-ring (bicyclic) bond motifs is 1. The van der Waals surface area contributed by atoms with E-state index in [-0.39, 0.29) is 16.8 Å². The molecule has 25 heavy (non-hydrogen) atoms. The first-order valence-corrected chi connectivity index (χ1v) is 10.4. The topological polar surface area (TPSA) is 96.0 Å². The monoisotopic (exact) mass is 370 g/mol. The molecule has 2 aromatic rings. The first-order valence-electron chi connectivity index (χ1n) is 8.83. The Hall–Kier alpha value is -1.90. The van der Waals surface area contributed by atoms with E-state index >= 15 is 0 Å². The van der Waals surface area contributed by atoms with Crippen LogP contribution in [0.2, 0.25) is 0 Å². The molecule has 8 nitrogen and oxygen atoms in total. The molecule has 2 rings (SSSR count). The second kappa shape index (κ2) is 7.99. The fourth-order valence-electron chi connectivity index (χ4n) is 2.70. The van der Waals surface area contributed by atoms with E-state index in [1.165, 1.54) is 15.3 Å². The normalized spacial score (nSPS) is 12.1. The van der Waals surface area contributed by atoms with Gasteiger partial charge in [0.05, 0.1) is 17.5 Å². The average molecular weight is 370 g/mol. The molecule has 0 aliphatic rings. The van der Waals surface area contributed by atoms with Crippen LogP contribution < -0.4 is 11.2 Å². The summed E-state index contributed by atoms with van der Waals surface area (Å²) in [5.41, 5.74) is -0.596. The van der Waals surface area contributed by atoms with Crippen LogP contribution >= 0.6 is 0 Å². The van der Waals surface area contributed by atoms with E-state index in [0.717, 1.165) is 23.3 Å². The maximum atomic E-state index is 12.7. The molecule has 2 heterocycles. The molecule has 0 spiro atoms. The molecule has 0 radical (unpaired) electrons. The Morgan fingerprint density at radius 1 is 0.960 bits per heavy atom. The number of aromatic nitrogens is 4. The standard InChI is InChI=1S/C16H26N4O4S/c1-4-7-9-18-13-12-20(25(23,24)11-6-3)17-14(13)15(21)19(16(18)22)10-8-5-2/h12H,4-11H2,1-3H3. The minimum atomic E-state index is -3.63. The van der Waals surface area contributed by atoms with Crippen molar-refractivity contribution in [3.63, 3.8) is 0 Å². The van der Waals surface area contributed by atoms with Gasteiger partial charge in [0.1, 0.15) is 0 Å². The molecule has 9 heteroatoms. The zero-order valence-electron chi connectivity index (χ0n) is 15.1. The highest BCUT2D eigenvalue weighted by atomic mass is 32.2. The van der Waals surface area contributed by atoms with Crippen LogP contribution in [0.5, 0.6) is 0 Å². The summed E-state index contributed by atoms with van der Waals surface area (Å²) in [5, 5.41) is 4.02. The summed E-state index contributed by atoms with van der Waals surface area (Å²) in [7, 11) is -3.63. The van der Waals surface area contributed by atoms with Crippen LogP contribution in [-0.4, -0.2) is 32.5 Å². The van der Waals surface area contributed by atoms with Gasteiger partial charge in [-0.05, 0) is 19.3 Å². The first-order chi connectivity index (χ1) is 11.9. The third kappa shape index (κ3) is 3.86. The Balaban J connectivity index is 2.74. The van der Waals surface area contributed by atoms with Crippen molar-refractivity contribution in [2.75, 3.05) is 5.75 Å². The van der Waals surface area contributed by atoms with E-state index in [2.05, 4.69) is 5.10 Å². The molecule has 0 aromatic carbocycles. The van der Waals surface area contributed by atoms with Crippen molar-refractivity contribution in [1.82, 2.24) is 18.3 Å². The Labute approximate surface area is 147 Å². The molecular weight excluding hydrogens is 344 g/mol. The summed E-state index contributed by atoms with van der Waals surface area (Å²) in [5.74, 6) is -0.0653. The second-order valence-corrected chi connectivity index (χ2v) is 8.10. The van der Waals surface area contributed by atoms with Gasteiger partial charge in [0.2, 0.25) is 0 Å². The van der Waals surface area contributed by atoms with Crippen LogP contribution in [0.3, 0.4) is 0 Å². The predicted octanol–water partition coefficient (Wildman–Crippen LogP) is 1.55. The number of rotatable bonds is 9. The smallest absolute Gasteiger partial charge is 0.290 e. The third-order valence-electron chi connectivity index (χ3n) is 4.09. The van der Waals surface area contributed by atoms with Crippen LogP contribution in [-0.2, 0) is 23.1 Å². The Morgan fingerprint density at radius 3 is 2.12 bits per heavy atom. The molecule has 0 fully saturated rings. The van der Waals surface area contributed by atoms with Crippen LogP contribution in [0, 0.1) is 0 Å². The molecule has 0 unspecified atom stereocenters. The van der Waals surface area contributed by atoms with E-state index in [1.54, 1.807) is 6.92 Å². The van der Waals surface area contributed by atoms with Crippen LogP contribution in [0.25, 0.3) is 11.0 Å². The Bertz CT molecular complexity index is 953. The van der Waals surface area contributed by atoms with Crippen molar-refractivity contribution < 1.29 is 8.42 Å². The highest BCUT2D eigenvalue weighted by molar-refractivity contribution is 7.89. The lowest BCUT2D eigenvalue weighted by molar-refractivity contribution is 0.532. The van der Waals surface area contributed by atoms with Gasteiger partial charge in [0.25, 0.3) is 15.6 Å². The second-order valence-electron chi connectivity index (χ2n) is 6.15. The quantitative estimate of drug-likeness (QED) is 0.667. The lowest BCUT2D eigenvalue weighted by atomic mass is 10.3. The Kier molecular flexibility index (Phi) is 6.21. The summed E-state index contributed by atoms with van der Waals surface area (Å²) in [4.78, 5) is 25.4. The maximum absolute atomic E-state index is 12.7. The van der Waals surface area contributed by atoms with E-state index in [4.69, 9.17) is 0 Å². The van der Waals surface area contributed by atoms with Gasteiger partial charge in [-0.1, -0.05) is 33.6 Å². The largest absolute Gasteiger partial charge is 0.331 e. The summed E-state index contributed by atoms with van der Waals surface area (Å²) in [6.07, 6.45) is 4.92. The van der Waals surface area contributed by atoms with Gasteiger partial charge >= 0.3 is 5.69 Å². The number of nitrogens with zero attached hydrogens (tertiary/aromatic N) is 4. The minimum Gasteiger partial charge on any atom is -0.290 e. The van der Waals surface area contributed by atoms with E-state index in [0.29, 0.717) is 25.9 Å². The molecule has 0 saturated carbocycles. The van der Waals surface area contributed by atoms with Gasteiger partial charge in [0, 0.05) is 13.1 Å². The van der Waals surface area contributed by atoms with Crippen molar-refractivity contribution in [3.05, 3.63) is 27.0 Å². The van der Waals surface area contributed by atoms with Crippen LogP contribution in [0.1, 0.15) is 52.9 Å². The maximum Gasteiger partial charge on any atom is 0.331 e. The minimum absolute atomic E-state index is 0.0338. The highest BCUT2D eigenvalue weighted by Gasteiger charge is 2.20. The van der Waals surface area contributed by atoms with Crippen molar-refractivity contribution >= 4 is 21.1 Å². The molecule has 0 aliphatic carbocycles. The number of hydrogen-bond acceptors (Lipinski definition) is 5. The van der Waals surface area contributed by atoms with Crippen LogP contribution in [0.4, 0.5) is 0 Å². The number of unbranched alkanes of at least 4 members (excludes halogenated alkanes) is 2. The van der Waals surface area contributed by atoms with Gasteiger partial charge in [-0.25, -0.2) is 13.2 Å². The van der Waals surface area contributed by atoms with Gasteiger partial charge in [-0.15, -0.1) is 0 Å². The molecular formula is C16H26N4O4S. The first kappa shape index (κ1) is 19.4. The SMILES string of the molecule is CCCCn1c(=O)c2nn(S(=O)(=O)CCC)cc2n(CCCC)c1=O. The molecule has 2 aromatic heterocycles. The fraction of sp³-hybridized carbons (Fsp3) is 0.688. The van der Waals surface area contributed by atoms with Crippen molar-refractivity contribution in [1.29, 1.82) is 0 Å². The van der Waals surface area contributed by atoms with E-state index < -0.39 is 21.3 Å². The van der Waals surface area contributed by atoms with E-state index in [9.17, 15) is 18.0 Å². The predicted molar refractivity (Wildman–Crippen MR) is 97.5 cm³/mol. The van der Waals surface area contributed by atoms with Gasteiger partial charge in [0.15, 0.2) is 5.52 Å². The lowest BCUT2D eigenvalue weighted by Crippen LogP contribution is -2.40. The average Bonchev–Trinajstić information content (AvgIpc) is 3.01. The fourth-order valence-corrected chi connectivity index (χ4v) is 3.87. The van der Waals surface area contributed by atoms with Crippen LogP contribution in [0.15, 0.2) is 15.8 Å². The molecule has 0 amide bonds. The number of aryl methyl sites for hydroxylation is 1. The van der Waals surface area contributed by atoms with Crippen molar-refractivity contribution in [2.24, 2.45) is 0 Å². The summed E-state index contributed by atoms with van der Waals surface area (Å²) >= 11 is 0. The Morgan fingerprint density at radius 2 is 1.56 bits per heavy atom. The lowest BCUT2D eigenvalue weighted by Gasteiger charge is -2.10. The third-order valence-corrected chi connectivity index (χ3v) is 5.77. The van der Waals surface area contributed by atoms with E-state index in [1.807, 2.05) is 13.8 Å². The number of hydrogen-bond donors (Lipinski definition) is 0. The summed E-state index contributed by atoms with van der Waals surface area (Å²) in [6.45, 7) is 6.48. The van der Waals surface area contributed by atoms with Gasteiger partial charge in [-0.3, -0.25) is 13.9 Å². The van der Waals surface area contributed by atoms with Crippen molar-refractivity contribution in [3.8, 4) is 0 Å². The zero-order chi connectivity index (χ0) is 18.6. The molecule has 0 N–H and O–H groups in total. The molecule has 0 saturated heterocycles. The molecule has 0 atom stereocenters. The summed E-state index contributed by atoms with van der Waals surface area (Å²) in [6, 6.07) is 0. The summed E-state index contributed by atoms with van der Waals surface area (Å²) < 4.78 is 28.1. The van der Waals surface area contributed by atoms with Gasteiger partial charge in [-0.2, -0.15) is 9.19 Å². The highest BCUT2D eigenvalue weighted by Crippen LogP contribution is 2.11. The molecule has 140 valence electrons. The molecule has 0 bridgehead atoms.